The molecule has 1 atom stereocenters. The first-order chi connectivity index (χ1) is 18.7. The summed E-state index contributed by atoms with van der Waals surface area (Å²) in [5.41, 5.74) is 8.42. The van der Waals surface area contributed by atoms with E-state index in [1.54, 1.807) is 10.9 Å². The van der Waals surface area contributed by atoms with Crippen molar-refractivity contribution >= 4 is 29.0 Å². The van der Waals surface area contributed by atoms with Crippen LogP contribution in [-0.4, -0.2) is 21.6 Å². The van der Waals surface area contributed by atoms with Crippen molar-refractivity contribution in [2.75, 3.05) is 16.0 Å². The number of benzene rings is 3. The summed E-state index contributed by atoms with van der Waals surface area (Å²) in [5, 5.41) is 14.0. The molecule has 0 fully saturated rings. The molecule has 39 heavy (non-hydrogen) atoms. The third-order valence-electron chi connectivity index (χ3n) is 7.16. The molecule has 0 aliphatic carbocycles. The van der Waals surface area contributed by atoms with Crippen LogP contribution < -0.4 is 16.0 Å². The van der Waals surface area contributed by atoms with E-state index in [4.69, 9.17) is 0 Å². The van der Waals surface area contributed by atoms with Crippen LogP contribution in [0.2, 0.25) is 0 Å². The molecule has 2 amide bonds. The van der Waals surface area contributed by atoms with E-state index in [-0.39, 0.29) is 11.8 Å². The second-order valence-corrected chi connectivity index (χ2v) is 10.1. The third kappa shape index (κ3) is 5.21. The molecule has 7 nitrogen and oxygen atoms in total. The highest BCUT2D eigenvalue weighted by Gasteiger charge is 2.35. The van der Waals surface area contributed by atoms with Crippen molar-refractivity contribution in [2.45, 2.75) is 47.1 Å². The van der Waals surface area contributed by atoms with Crippen LogP contribution in [0.4, 0.5) is 17.2 Å². The van der Waals surface area contributed by atoms with Crippen molar-refractivity contribution in [1.82, 2.24) is 9.78 Å². The quantitative estimate of drug-likeness (QED) is 0.270. The number of hydrogen-bond acceptors (Lipinski definition) is 4. The van der Waals surface area contributed by atoms with Crippen LogP contribution in [-0.2, 0) is 11.2 Å². The molecule has 4 aromatic rings. The van der Waals surface area contributed by atoms with Crippen molar-refractivity contribution in [3.8, 4) is 0 Å². The molecule has 0 spiro atoms. The molecular weight excluding hydrogens is 486 g/mol. The Kier molecular flexibility index (Phi) is 7.07. The molecule has 1 aliphatic heterocycles. The number of fused-ring (bicyclic) bond motifs is 1. The monoisotopic (exact) mass is 519 g/mol. The number of anilines is 3. The molecule has 1 aromatic heterocycles. The van der Waals surface area contributed by atoms with Gasteiger partial charge in [0.25, 0.3) is 11.8 Å². The van der Waals surface area contributed by atoms with E-state index in [9.17, 15) is 9.59 Å². The summed E-state index contributed by atoms with van der Waals surface area (Å²) >= 11 is 0. The Morgan fingerprint density at radius 1 is 0.872 bits per heavy atom. The van der Waals surface area contributed by atoms with Gasteiger partial charge in [0.05, 0.1) is 11.8 Å². The van der Waals surface area contributed by atoms with Gasteiger partial charge in [-0.25, -0.2) is 4.68 Å². The van der Waals surface area contributed by atoms with Crippen LogP contribution in [0, 0.1) is 20.8 Å². The van der Waals surface area contributed by atoms with Gasteiger partial charge in [-0.2, -0.15) is 5.10 Å². The lowest BCUT2D eigenvalue weighted by molar-refractivity contribution is -0.113. The first-order valence-corrected chi connectivity index (χ1v) is 13.2. The second kappa shape index (κ2) is 10.6. The number of hydrogen-bond donors (Lipinski definition) is 3. The first kappa shape index (κ1) is 26.0. The minimum atomic E-state index is -0.515. The summed E-state index contributed by atoms with van der Waals surface area (Å²) in [7, 11) is 0. The number of carbonyl (C=O) groups excluding carboxylic acids is 2. The fraction of sp³-hybridized carbons (Fsp3) is 0.219. The zero-order chi connectivity index (χ0) is 27.7. The number of nitrogens with one attached hydrogen (secondary N) is 3. The topological polar surface area (TPSA) is 88.1 Å². The number of allylic oxidation sites excluding steroid dienone is 1. The number of aromatic nitrogens is 2. The average Bonchev–Trinajstić information content (AvgIpc) is 3.34. The standard InChI is InChI=1S/C32H33N5O2/c1-6-23-10-12-24(13-11-23)29-28(32(39)36-27-16-9-20(3)17-21(27)4)22(5)34-30-26(18-33-37(29)30)31(38)35-25-14-7-19(2)8-15-25/h7-18,29,34H,6H2,1-5H3,(H,35,38)(H,36,39). The van der Waals surface area contributed by atoms with Gasteiger partial charge in [-0.1, -0.05) is 66.6 Å². The number of aryl methyl sites for hydroxylation is 4. The van der Waals surface area contributed by atoms with Gasteiger partial charge in [0.2, 0.25) is 0 Å². The Balaban J connectivity index is 1.54. The first-order valence-electron chi connectivity index (χ1n) is 13.2. The molecule has 5 rings (SSSR count). The van der Waals surface area contributed by atoms with Crippen molar-refractivity contribution < 1.29 is 9.59 Å². The minimum absolute atomic E-state index is 0.219. The Morgan fingerprint density at radius 2 is 1.56 bits per heavy atom. The Hall–Kier alpha value is -4.65. The van der Waals surface area contributed by atoms with E-state index in [2.05, 4.69) is 40.1 Å². The molecule has 0 saturated heterocycles. The van der Waals surface area contributed by atoms with Gasteiger partial charge in [-0.3, -0.25) is 9.59 Å². The van der Waals surface area contributed by atoms with E-state index >= 15 is 0 Å². The molecule has 1 aliphatic rings. The fourth-order valence-corrected chi connectivity index (χ4v) is 4.94. The highest BCUT2D eigenvalue weighted by Crippen LogP contribution is 2.38. The van der Waals surface area contributed by atoms with Gasteiger partial charge < -0.3 is 16.0 Å². The molecule has 7 heteroatoms. The van der Waals surface area contributed by atoms with E-state index in [0.29, 0.717) is 28.3 Å². The average molecular weight is 520 g/mol. The number of carbonyl (C=O) groups is 2. The largest absolute Gasteiger partial charge is 0.343 e. The van der Waals surface area contributed by atoms with Crippen LogP contribution in [0.1, 0.15) is 58.1 Å². The maximum absolute atomic E-state index is 13.8. The number of nitrogens with zero attached hydrogens (tertiary/aromatic N) is 2. The Morgan fingerprint density at radius 3 is 2.23 bits per heavy atom. The van der Waals surface area contributed by atoms with E-state index in [0.717, 1.165) is 34.4 Å². The molecule has 3 aromatic carbocycles. The number of rotatable bonds is 6. The summed E-state index contributed by atoms with van der Waals surface area (Å²) in [6, 6.07) is 21.3. The normalized spacial score (nSPS) is 14.4. The third-order valence-corrected chi connectivity index (χ3v) is 7.16. The molecule has 0 saturated carbocycles. The molecule has 0 bridgehead atoms. The predicted octanol–water partition coefficient (Wildman–Crippen LogP) is 6.55. The van der Waals surface area contributed by atoms with Crippen molar-refractivity contribution in [2.24, 2.45) is 0 Å². The lowest BCUT2D eigenvalue weighted by Crippen LogP contribution is -2.32. The summed E-state index contributed by atoms with van der Waals surface area (Å²) < 4.78 is 1.73. The summed E-state index contributed by atoms with van der Waals surface area (Å²) in [4.78, 5) is 27.1. The maximum atomic E-state index is 13.8. The molecule has 3 N–H and O–H groups in total. The van der Waals surface area contributed by atoms with Crippen molar-refractivity contribution in [1.29, 1.82) is 0 Å². The van der Waals surface area contributed by atoms with Crippen molar-refractivity contribution in [3.05, 3.63) is 118 Å². The molecule has 1 unspecified atom stereocenters. The molecule has 198 valence electrons. The summed E-state index contributed by atoms with van der Waals surface area (Å²) in [6.45, 7) is 9.98. The van der Waals surface area contributed by atoms with Gasteiger partial charge in [0, 0.05) is 17.1 Å². The highest BCUT2D eigenvalue weighted by molar-refractivity contribution is 6.09. The second-order valence-electron chi connectivity index (χ2n) is 10.1. The van der Waals surface area contributed by atoms with Crippen LogP contribution >= 0.6 is 0 Å². The van der Waals surface area contributed by atoms with Gasteiger partial charge in [-0.05, 0) is 69.0 Å². The lowest BCUT2D eigenvalue weighted by Gasteiger charge is -2.30. The Labute approximate surface area is 229 Å². The van der Waals surface area contributed by atoms with Gasteiger partial charge in [0.15, 0.2) is 0 Å². The lowest BCUT2D eigenvalue weighted by atomic mass is 9.93. The van der Waals surface area contributed by atoms with E-state index in [1.165, 1.54) is 5.56 Å². The smallest absolute Gasteiger partial charge is 0.261 e. The van der Waals surface area contributed by atoms with Gasteiger partial charge >= 0.3 is 0 Å². The fourth-order valence-electron chi connectivity index (χ4n) is 4.94. The highest BCUT2D eigenvalue weighted by atomic mass is 16.2. The van der Waals surface area contributed by atoms with E-state index in [1.807, 2.05) is 82.3 Å². The van der Waals surface area contributed by atoms with Crippen LogP contribution in [0.25, 0.3) is 0 Å². The van der Waals surface area contributed by atoms with E-state index < -0.39 is 6.04 Å². The van der Waals surface area contributed by atoms with Crippen LogP contribution in [0.15, 0.2) is 84.2 Å². The maximum Gasteiger partial charge on any atom is 0.261 e. The van der Waals surface area contributed by atoms with Gasteiger partial charge in [-0.15, -0.1) is 0 Å². The van der Waals surface area contributed by atoms with Crippen molar-refractivity contribution in [3.63, 3.8) is 0 Å². The zero-order valence-corrected chi connectivity index (χ0v) is 22.9. The zero-order valence-electron chi connectivity index (χ0n) is 22.9. The Bertz CT molecular complexity index is 1580. The van der Waals surface area contributed by atoms with Crippen LogP contribution in [0.3, 0.4) is 0 Å². The summed E-state index contributed by atoms with van der Waals surface area (Å²) in [6.07, 6.45) is 2.47. The molecular formula is C32H33N5O2. The van der Waals surface area contributed by atoms with Gasteiger partial charge in [0.1, 0.15) is 17.4 Å². The number of amides is 2. The predicted molar refractivity (Wildman–Crippen MR) is 156 cm³/mol. The molecule has 0 radical (unpaired) electrons. The van der Waals surface area contributed by atoms with Crippen LogP contribution in [0.5, 0.6) is 0 Å². The SMILES string of the molecule is CCc1ccc(C2C(C(=O)Nc3ccc(C)cc3C)=C(C)Nc3c(C(=O)Nc4ccc(C)cc4)cnn32)cc1. The summed E-state index contributed by atoms with van der Waals surface area (Å²) in [5.74, 6) is 0.0525. The minimum Gasteiger partial charge on any atom is -0.343 e. The molecule has 2 heterocycles.